The molecule has 0 bridgehead atoms. The summed E-state index contributed by atoms with van der Waals surface area (Å²) in [6, 6.07) is 0. The Morgan fingerprint density at radius 3 is 0.500 bits per heavy atom. The van der Waals surface area contributed by atoms with Crippen LogP contribution < -0.4 is 0 Å². The molecule has 3 nitrogen and oxygen atoms in total. The Bertz CT molecular complexity index is 3.25. The monoisotopic (exact) mass is 105 g/mol. The molecule has 1 radical (unpaired) electrons. The Morgan fingerprint density at radius 1 is 0.500 bits per heavy atom. The van der Waals surface area contributed by atoms with Gasteiger partial charge in [-0.2, -0.15) is 0 Å². The molecule has 0 saturated heterocycles. The van der Waals surface area contributed by atoms with Gasteiger partial charge in [-0.05, 0) is 0 Å². The molecule has 0 amide bonds. The SMILES string of the molecule is O.O.O.[V+2]. The minimum Gasteiger partial charge on any atom is -0.412 e. The molecule has 0 aromatic rings. The van der Waals surface area contributed by atoms with Gasteiger partial charge in [0.1, 0.15) is 0 Å². The molecule has 0 heterocycles. The Labute approximate surface area is 35.8 Å². The van der Waals surface area contributed by atoms with Crippen LogP contribution in [0.5, 0.6) is 0 Å². The van der Waals surface area contributed by atoms with Gasteiger partial charge in [0.05, 0.1) is 0 Å². The van der Waals surface area contributed by atoms with Crippen molar-refractivity contribution < 1.29 is 35.0 Å². The summed E-state index contributed by atoms with van der Waals surface area (Å²) < 4.78 is 0. The van der Waals surface area contributed by atoms with Gasteiger partial charge in [0.15, 0.2) is 0 Å². The van der Waals surface area contributed by atoms with Crippen molar-refractivity contribution in [2.45, 2.75) is 0 Å². The summed E-state index contributed by atoms with van der Waals surface area (Å²) in [4.78, 5) is 0. The van der Waals surface area contributed by atoms with Gasteiger partial charge >= 0.3 is 18.6 Å². The van der Waals surface area contributed by atoms with Crippen molar-refractivity contribution in [1.82, 2.24) is 0 Å². The molecule has 0 fully saturated rings. The first-order valence-corrected chi connectivity index (χ1v) is 0. The Hall–Kier alpha value is 0.464. The summed E-state index contributed by atoms with van der Waals surface area (Å²) in [5, 5.41) is 0. The Morgan fingerprint density at radius 2 is 0.500 bits per heavy atom. The maximum absolute atomic E-state index is 0. The standard InChI is InChI=1S/3H2O.V/h3*1H2;/q;;;+2. The van der Waals surface area contributed by atoms with E-state index in [1.807, 2.05) is 0 Å². The van der Waals surface area contributed by atoms with Gasteiger partial charge in [0.25, 0.3) is 0 Å². The van der Waals surface area contributed by atoms with E-state index in [1.165, 1.54) is 0 Å². The van der Waals surface area contributed by atoms with Crippen LogP contribution in [-0.4, -0.2) is 16.4 Å². The van der Waals surface area contributed by atoms with Crippen LogP contribution >= 0.6 is 0 Å². The zero-order valence-electron chi connectivity index (χ0n) is 1.95. The molecular weight excluding hydrogens is 98.9 g/mol. The first-order valence-electron chi connectivity index (χ1n) is 0. The van der Waals surface area contributed by atoms with E-state index in [9.17, 15) is 0 Å². The van der Waals surface area contributed by atoms with Crippen LogP contribution in [0.15, 0.2) is 0 Å². The van der Waals surface area contributed by atoms with E-state index >= 15 is 0 Å². The molecular formula is H6O3V+2. The van der Waals surface area contributed by atoms with Crippen molar-refractivity contribution in [2.24, 2.45) is 0 Å². The second-order valence-electron chi connectivity index (χ2n) is 0. The Kier molecular flexibility index (Phi) is 6060. The van der Waals surface area contributed by atoms with Gasteiger partial charge in [-0.25, -0.2) is 0 Å². The molecule has 0 aliphatic rings. The maximum Gasteiger partial charge on any atom is 2.00 e. The summed E-state index contributed by atoms with van der Waals surface area (Å²) in [6.07, 6.45) is 0. The quantitative estimate of drug-likeness (QED) is 0.326. The molecule has 0 aromatic carbocycles. The third-order valence-electron chi connectivity index (χ3n) is 0. The second kappa shape index (κ2) is 97.6. The Balaban J connectivity index is 0. The summed E-state index contributed by atoms with van der Waals surface area (Å²) in [5.74, 6) is 0. The van der Waals surface area contributed by atoms with Crippen molar-refractivity contribution in [3.05, 3.63) is 0 Å². The van der Waals surface area contributed by atoms with E-state index in [-0.39, 0.29) is 35.0 Å². The van der Waals surface area contributed by atoms with E-state index in [1.54, 1.807) is 0 Å². The van der Waals surface area contributed by atoms with Crippen molar-refractivity contribution >= 4 is 0 Å². The zero-order chi connectivity index (χ0) is 0. The van der Waals surface area contributed by atoms with Gasteiger partial charge < -0.3 is 16.4 Å². The van der Waals surface area contributed by atoms with Gasteiger partial charge in [-0.15, -0.1) is 0 Å². The molecule has 0 unspecified atom stereocenters. The van der Waals surface area contributed by atoms with Crippen LogP contribution in [-0.2, 0) is 18.6 Å². The molecule has 0 spiro atoms. The normalized spacial score (nSPS) is 0. The maximum atomic E-state index is 0. The van der Waals surface area contributed by atoms with Gasteiger partial charge in [0.2, 0.25) is 0 Å². The first-order chi connectivity index (χ1) is 0. The molecule has 0 aliphatic heterocycles. The molecule has 0 aromatic heterocycles. The van der Waals surface area contributed by atoms with Crippen LogP contribution in [0, 0.1) is 0 Å². The number of hydrogen-bond donors (Lipinski definition) is 0. The second-order valence-corrected chi connectivity index (χ2v) is 0. The molecule has 0 rings (SSSR count). The number of hydrogen-bond acceptors (Lipinski definition) is 0. The minimum absolute atomic E-state index is 0. The van der Waals surface area contributed by atoms with E-state index in [0.717, 1.165) is 0 Å². The molecule has 0 aliphatic carbocycles. The molecule has 6 N–H and O–H groups in total. The average Bonchev–Trinajstić information content (AvgIpc) is 0. The third kappa shape index (κ3) is 24.5. The van der Waals surface area contributed by atoms with Crippen LogP contribution in [0.2, 0.25) is 0 Å². The fourth-order valence-electron chi connectivity index (χ4n) is 0. The first kappa shape index (κ1) is 248. The largest absolute Gasteiger partial charge is 2.00 e. The fourth-order valence-corrected chi connectivity index (χ4v) is 0. The van der Waals surface area contributed by atoms with Crippen LogP contribution in [0.25, 0.3) is 0 Å². The van der Waals surface area contributed by atoms with Gasteiger partial charge in [-0.3, -0.25) is 0 Å². The van der Waals surface area contributed by atoms with Crippen LogP contribution in [0.4, 0.5) is 0 Å². The summed E-state index contributed by atoms with van der Waals surface area (Å²) in [6.45, 7) is 0. The predicted octanol–water partition coefficient (Wildman–Crippen LogP) is -2.48. The average molecular weight is 105 g/mol. The zero-order valence-corrected chi connectivity index (χ0v) is 3.34. The summed E-state index contributed by atoms with van der Waals surface area (Å²) in [7, 11) is 0. The molecule has 27 valence electrons. The van der Waals surface area contributed by atoms with E-state index in [2.05, 4.69) is 0 Å². The fraction of sp³-hybridized carbons (Fsp3) is 0. The minimum atomic E-state index is 0. The topological polar surface area (TPSA) is 94.5 Å². The van der Waals surface area contributed by atoms with Crippen molar-refractivity contribution in [2.75, 3.05) is 0 Å². The van der Waals surface area contributed by atoms with Crippen LogP contribution in [0.1, 0.15) is 0 Å². The summed E-state index contributed by atoms with van der Waals surface area (Å²) in [5.41, 5.74) is 0. The molecule has 0 atom stereocenters. The van der Waals surface area contributed by atoms with E-state index < -0.39 is 0 Å². The van der Waals surface area contributed by atoms with Gasteiger partial charge in [0, 0.05) is 0 Å². The third-order valence-corrected chi connectivity index (χ3v) is 0. The van der Waals surface area contributed by atoms with Crippen LogP contribution in [0.3, 0.4) is 0 Å². The van der Waals surface area contributed by atoms with Crippen molar-refractivity contribution in [3.63, 3.8) is 0 Å². The smallest absolute Gasteiger partial charge is 0.412 e. The van der Waals surface area contributed by atoms with Crippen molar-refractivity contribution in [1.29, 1.82) is 0 Å². The predicted molar refractivity (Wildman–Crippen MR) is 10.8 cm³/mol. The van der Waals surface area contributed by atoms with Gasteiger partial charge in [-0.1, -0.05) is 0 Å². The van der Waals surface area contributed by atoms with E-state index in [0.29, 0.717) is 0 Å². The number of rotatable bonds is 0. The molecule has 0 saturated carbocycles. The molecule has 4 heteroatoms. The van der Waals surface area contributed by atoms with Crippen molar-refractivity contribution in [3.8, 4) is 0 Å². The van der Waals surface area contributed by atoms with E-state index in [4.69, 9.17) is 0 Å². The summed E-state index contributed by atoms with van der Waals surface area (Å²) >= 11 is 0. The molecule has 4 heavy (non-hydrogen) atoms.